The monoisotopic (exact) mass is 245 g/mol. The Balaban J connectivity index is 2.02. The topological polar surface area (TPSA) is 27.7 Å². The molecule has 2 nitrogen and oxygen atoms in total. The molecule has 0 aliphatic carbocycles. The van der Waals surface area contributed by atoms with Gasteiger partial charge in [-0.05, 0) is 6.42 Å². The molecular formula is C16H25N2+. The first-order valence-corrected chi connectivity index (χ1v) is 7.26. The Labute approximate surface area is 111 Å². The highest BCUT2D eigenvalue weighted by Crippen LogP contribution is 2.08. The number of aryl methyl sites for hydroxylation is 1. The summed E-state index contributed by atoms with van der Waals surface area (Å²) in [5.41, 5.74) is 0.738. The standard InChI is InChI=1S/C16H25N2/c1-2-3-4-5-6-7-8-9-12-18-13-10-16(15-17)11-14-18/h10-11,13-14H,2-9,12H2,1H3/q+1. The van der Waals surface area contributed by atoms with Gasteiger partial charge in [0.2, 0.25) is 0 Å². The maximum Gasteiger partial charge on any atom is 0.170 e. The van der Waals surface area contributed by atoms with Gasteiger partial charge in [-0.2, -0.15) is 5.26 Å². The zero-order valence-corrected chi connectivity index (χ0v) is 11.6. The summed E-state index contributed by atoms with van der Waals surface area (Å²) in [6.07, 6.45) is 14.8. The van der Waals surface area contributed by atoms with Crippen molar-refractivity contribution in [1.29, 1.82) is 5.26 Å². The lowest BCUT2D eigenvalue weighted by Gasteiger charge is -2.00. The van der Waals surface area contributed by atoms with Crippen molar-refractivity contribution in [1.82, 2.24) is 0 Å². The molecule has 1 aromatic heterocycles. The predicted octanol–water partition coefficient (Wildman–Crippen LogP) is 3.99. The first-order valence-electron chi connectivity index (χ1n) is 7.26. The van der Waals surface area contributed by atoms with Gasteiger partial charge in [0.15, 0.2) is 12.4 Å². The van der Waals surface area contributed by atoms with Gasteiger partial charge in [0.25, 0.3) is 0 Å². The van der Waals surface area contributed by atoms with E-state index in [-0.39, 0.29) is 0 Å². The van der Waals surface area contributed by atoms with E-state index in [1.807, 2.05) is 24.5 Å². The van der Waals surface area contributed by atoms with Crippen LogP contribution in [0.3, 0.4) is 0 Å². The van der Waals surface area contributed by atoms with Gasteiger partial charge in [0.05, 0.1) is 11.6 Å². The van der Waals surface area contributed by atoms with E-state index in [0.29, 0.717) is 0 Å². The molecule has 0 atom stereocenters. The van der Waals surface area contributed by atoms with Gasteiger partial charge in [-0.1, -0.05) is 45.4 Å². The Morgan fingerprint density at radius 1 is 0.944 bits per heavy atom. The number of rotatable bonds is 9. The van der Waals surface area contributed by atoms with Gasteiger partial charge in [0, 0.05) is 18.6 Å². The first-order chi connectivity index (χ1) is 8.86. The molecule has 0 spiro atoms. The van der Waals surface area contributed by atoms with E-state index in [1.165, 1.54) is 51.4 Å². The highest BCUT2D eigenvalue weighted by atomic mass is 14.9. The van der Waals surface area contributed by atoms with Gasteiger partial charge in [-0.15, -0.1) is 0 Å². The molecule has 0 unspecified atom stereocenters. The van der Waals surface area contributed by atoms with Crippen molar-refractivity contribution in [2.45, 2.75) is 64.8 Å². The molecule has 0 saturated heterocycles. The molecule has 0 amide bonds. The van der Waals surface area contributed by atoms with Crippen molar-refractivity contribution in [3.05, 3.63) is 30.1 Å². The minimum absolute atomic E-state index is 0.738. The van der Waals surface area contributed by atoms with E-state index in [1.54, 1.807) is 0 Å². The Morgan fingerprint density at radius 3 is 2.06 bits per heavy atom. The Hall–Kier alpha value is -1.36. The summed E-state index contributed by atoms with van der Waals surface area (Å²) < 4.78 is 2.16. The number of hydrogen-bond donors (Lipinski definition) is 0. The number of hydrogen-bond acceptors (Lipinski definition) is 1. The fourth-order valence-electron chi connectivity index (χ4n) is 2.11. The quantitative estimate of drug-likeness (QED) is 0.477. The van der Waals surface area contributed by atoms with Crippen LogP contribution in [0.1, 0.15) is 63.9 Å². The largest absolute Gasteiger partial charge is 0.205 e. The fraction of sp³-hybridized carbons (Fsp3) is 0.625. The lowest BCUT2D eigenvalue weighted by molar-refractivity contribution is -0.697. The van der Waals surface area contributed by atoms with Crippen LogP contribution < -0.4 is 4.57 Å². The molecule has 0 fully saturated rings. The predicted molar refractivity (Wildman–Crippen MR) is 74.0 cm³/mol. The van der Waals surface area contributed by atoms with Crippen molar-refractivity contribution >= 4 is 0 Å². The lowest BCUT2D eigenvalue weighted by atomic mass is 10.1. The van der Waals surface area contributed by atoms with Crippen molar-refractivity contribution in [3.8, 4) is 6.07 Å². The van der Waals surface area contributed by atoms with Gasteiger partial charge in [0.1, 0.15) is 6.54 Å². The van der Waals surface area contributed by atoms with E-state index in [2.05, 4.69) is 17.6 Å². The number of pyridine rings is 1. The second kappa shape index (κ2) is 9.65. The second-order valence-electron chi connectivity index (χ2n) is 4.91. The number of nitriles is 1. The van der Waals surface area contributed by atoms with Crippen LogP contribution in [-0.4, -0.2) is 0 Å². The highest BCUT2D eigenvalue weighted by molar-refractivity contribution is 5.23. The molecule has 0 saturated carbocycles. The third-order valence-corrected chi connectivity index (χ3v) is 3.29. The van der Waals surface area contributed by atoms with Crippen LogP contribution in [0.4, 0.5) is 0 Å². The summed E-state index contributed by atoms with van der Waals surface area (Å²) in [6.45, 7) is 3.33. The smallest absolute Gasteiger partial charge is 0.170 e. The molecule has 2 heteroatoms. The molecule has 0 radical (unpaired) electrons. The molecule has 1 heterocycles. The maximum atomic E-state index is 8.70. The zero-order chi connectivity index (χ0) is 13.1. The highest BCUT2D eigenvalue weighted by Gasteiger charge is 2.00. The fourth-order valence-corrected chi connectivity index (χ4v) is 2.11. The van der Waals surface area contributed by atoms with Crippen LogP contribution in [0.5, 0.6) is 0 Å². The summed E-state index contributed by atoms with van der Waals surface area (Å²) in [7, 11) is 0. The Morgan fingerprint density at radius 2 is 1.50 bits per heavy atom. The Kier molecular flexibility index (Phi) is 7.88. The van der Waals surface area contributed by atoms with Gasteiger partial charge in [-0.3, -0.25) is 0 Å². The molecule has 98 valence electrons. The summed E-state index contributed by atoms with van der Waals surface area (Å²) in [4.78, 5) is 0. The van der Waals surface area contributed by atoms with Crippen LogP contribution in [0.2, 0.25) is 0 Å². The summed E-state index contributed by atoms with van der Waals surface area (Å²) in [6, 6.07) is 5.90. The van der Waals surface area contributed by atoms with Gasteiger partial charge >= 0.3 is 0 Å². The van der Waals surface area contributed by atoms with E-state index >= 15 is 0 Å². The van der Waals surface area contributed by atoms with E-state index in [9.17, 15) is 0 Å². The van der Waals surface area contributed by atoms with Crippen LogP contribution in [-0.2, 0) is 6.54 Å². The van der Waals surface area contributed by atoms with E-state index < -0.39 is 0 Å². The summed E-state index contributed by atoms with van der Waals surface area (Å²) in [5.74, 6) is 0. The minimum Gasteiger partial charge on any atom is -0.205 e. The van der Waals surface area contributed by atoms with Crippen molar-refractivity contribution < 1.29 is 4.57 Å². The third-order valence-electron chi connectivity index (χ3n) is 3.29. The van der Waals surface area contributed by atoms with Crippen molar-refractivity contribution in [2.75, 3.05) is 0 Å². The molecular weight excluding hydrogens is 220 g/mol. The third kappa shape index (κ3) is 6.39. The SMILES string of the molecule is CCCCCCCCCC[n+]1ccc(C#N)cc1. The molecule has 0 aliphatic heterocycles. The lowest BCUT2D eigenvalue weighted by Crippen LogP contribution is -2.32. The van der Waals surface area contributed by atoms with E-state index in [4.69, 9.17) is 5.26 Å². The number of nitrogens with zero attached hydrogens (tertiary/aromatic N) is 2. The average Bonchev–Trinajstić information content (AvgIpc) is 2.42. The normalized spacial score (nSPS) is 10.2. The van der Waals surface area contributed by atoms with Crippen molar-refractivity contribution in [2.24, 2.45) is 0 Å². The second-order valence-corrected chi connectivity index (χ2v) is 4.91. The molecule has 1 aromatic rings. The molecule has 0 bridgehead atoms. The van der Waals surface area contributed by atoms with Crippen LogP contribution >= 0.6 is 0 Å². The van der Waals surface area contributed by atoms with Crippen molar-refractivity contribution in [3.63, 3.8) is 0 Å². The average molecular weight is 245 g/mol. The molecule has 0 aromatic carbocycles. The molecule has 1 rings (SSSR count). The summed E-state index contributed by atoms with van der Waals surface area (Å²) in [5, 5.41) is 8.70. The van der Waals surface area contributed by atoms with Gasteiger partial charge < -0.3 is 0 Å². The van der Waals surface area contributed by atoms with Crippen LogP contribution in [0, 0.1) is 11.3 Å². The first kappa shape index (κ1) is 14.7. The summed E-state index contributed by atoms with van der Waals surface area (Å²) >= 11 is 0. The molecule has 18 heavy (non-hydrogen) atoms. The number of aromatic nitrogens is 1. The zero-order valence-electron chi connectivity index (χ0n) is 11.6. The maximum absolute atomic E-state index is 8.70. The van der Waals surface area contributed by atoms with Crippen LogP contribution in [0.25, 0.3) is 0 Å². The van der Waals surface area contributed by atoms with E-state index in [0.717, 1.165) is 12.1 Å². The molecule has 0 aliphatic rings. The van der Waals surface area contributed by atoms with Crippen LogP contribution in [0.15, 0.2) is 24.5 Å². The Bertz CT molecular complexity index is 348. The molecule has 0 N–H and O–H groups in total. The number of unbranched alkanes of at least 4 members (excludes halogenated alkanes) is 7. The van der Waals surface area contributed by atoms with Gasteiger partial charge in [-0.25, -0.2) is 4.57 Å². The minimum atomic E-state index is 0.738.